The number of carbonyl (C=O) groups is 2. The maximum Gasteiger partial charge on any atom is 0.234 e. The quantitative estimate of drug-likeness (QED) is 0.703. The van der Waals surface area contributed by atoms with E-state index >= 15 is 0 Å². The Hall–Kier alpha value is -2.67. The molecular formula is C19H22N2O4S. The standard InChI is InChI=1S/C19H22N2O4S/c1-3-25-17-11-7-5-9-15(17)21-19(23)13-26-12-18(22)20-14-8-4-6-10-16(14)24-2/h4-11H,3,12-13H2,1-2H3,(H,20,22)(H,21,23). The summed E-state index contributed by atoms with van der Waals surface area (Å²) in [5, 5.41) is 5.57. The number of nitrogens with one attached hydrogen (secondary N) is 2. The molecule has 138 valence electrons. The summed E-state index contributed by atoms with van der Waals surface area (Å²) in [6.45, 7) is 2.40. The predicted octanol–water partition coefficient (Wildman–Crippen LogP) is 3.40. The summed E-state index contributed by atoms with van der Waals surface area (Å²) in [7, 11) is 1.55. The van der Waals surface area contributed by atoms with Crippen LogP contribution >= 0.6 is 11.8 Å². The molecule has 0 radical (unpaired) electrons. The monoisotopic (exact) mass is 374 g/mol. The van der Waals surface area contributed by atoms with Crippen LogP contribution in [0.4, 0.5) is 11.4 Å². The van der Waals surface area contributed by atoms with Crippen molar-refractivity contribution in [3.05, 3.63) is 48.5 Å². The van der Waals surface area contributed by atoms with Gasteiger partial charge in [0.1, 0.15) is 11.5 Å². The van der Waals surface area contributed by atoms with Crippen molar-refractivity contribution in [2.45, 2.75) is 6.92 Å². The zero-order chi connectivity index (χ0) is 18.8. The minimum atomic E-state index is -0.193. The van der Waals surface area contributed by atoms with Gasteiger partial charge in [-0.25, -0.2) is 0 Å². The number of ether oxygens (including phenoxy) is 2. The molecule has 2 N–H and O–H groups in total. The van der Waals surface area contributed by atoms with Crippen LogP contribution in [0.3, 0.4) is 0 Å². The van der Waals surface area contributed by atoms with Crippen LogP contribution in [0.15, 0.2) is 48.5 Å². The van der Waals surface area contributed by atoms with Crippen LogP contribution in [0.25, 0.3) is 0 Å². The Bertz CT molecular complexity index is 752. The molecule has 6 nitrogen and oxygen atoms in total. The van der Waals surface area contributed by atoms with E-state index in [1.807, 2.05) is 31.2 Å². The van der Waals surface area contributed by atoms with E-state index in [4.69, 9.17) is 9.47 Å². The van der Waals surface area contributed by atoms with Gasteiger partial charge in [0, 0.05) is 0 Å². The van der Waals surface area contributed by atoms with E-state index < -0.39 is 0 Å². The number of methoxy groups -OCH3 is 1. The van der Waals surface area contributed by atoms with Gasteiger partial charge >= 0.3 is 0 Å². The molecule has 0 atom stereocenters. The topological polar surface area (TPSA) is 76.7 Å². The summed E-state index contributed by atoms with van der Waals surface area (Å²) in [4.78, 5) is 24.1. The van der Waals surface area contributed by atoms with Crippen molar-refractivity contribution >= 4 is 35.0 Å². The van der Waals surface area contributed by atoms with Crippen LogP contribution in [0.1, 0.15) is 6.92 Å². The third kappa shape index (κ3) is 6.00. The lowest BCUT2D eigenvalue weighted by Gasteiger charge is -2.11. The molecule has 2 aromatic rings. The Morgan fingerprint density at radius 1 is 0.885 bits per heavy atom. The first kappa shape index (κ1) is 19.7. The van der Waals surface area contributed by atoms with Gasteiger partial charge in [0.15, 0.2) is 0 Å². The lowest BCUT2D eigenvalue weighted by atomic mass is 10.3. The number of carbonyl (C=O) groups excluding carboxylic acids is 2. The van der Waals surface area contributed by atoms with Gasteiger partial charge in [0.05, 0.1) is 36.6 Å². The van der Waals surface area contributed by atoms with Crippen molar-refractivity contribution in [1.82, 2.24) is 0 Å². The van der Waals surface area contributed by atoms with Gasteiger partial charge in [-0.2, -0.15) is 0 Å². The fourth-order valence-electron chi connectivity index (χ4n) is 2.21. The largest absolute Gasteiger partial charge is 0.495 e. The third-order valence-electron chi connectivity index (χ3n) is 3.31. The van der Waals surface area contributed by atoms with E-state index in [1.54, 1.807) is 31.4 Å². The molecule has 2 amide bonds. The average molecular weight is 374 g/mol. The summed E-state index contributed by atoms with van der Waals surface area (Å²) in [5.74, 6) is 1.17. The van der Waals surface area contributed by atoms with E-state index in [0.29, 0.717) is 29.5 Å². The van der Waals surface area contributed by atoms with Gasteiger partial charge in [-0.3, -0.25) is 9.59 Å². The van der Waals surface area contributed by atoms with Gasteiger partial charge in [-0.1, -0.05) is 24.3 Å². The minimum absolute atomic E-state index is 0.165. The molecule has 26 heavy (non-hydrogen) atoms. The van der Waals surface area contributed by atoms with Crippen molar-refractivity contribution in [3.63, 3.8) is 0 Å². The van der Waals surface area contributed by atoms with Crippen LogP contribution in [-0.4, -0.2) is 37.0 Å². The smallest absolute Gasteiger partial charge is 0.234 e. The zero-order valence-electron chi connectivity index (χ0n) is 14.8. The Balaban J connectivity index is 1.78. The van der Waals surface area contributed by atoms with Crippen molar-refractivity contribution < 1.29 is 19.1 Å². The van der Waals surface area contributed by atoms with Crippen LogP contribution in [0, 0.1) is 0 Å². The molecule has 0 saturated carbocycles. The molecule has 0 aromatic heterocycles. The molecule has 2 rings (SSSR count). The molecule has 0 aliphatic rings. The number of hydrogen-bond acceptors (Lipinski definition) is 5. The Morgan fingerprint density at radius 3 is 1.92 bits per heavy atom. The average Bonchev–Trinajstić information content (AvgIpc) is 2.64. The molecule has 0 unspecified atom stereocenters. The number of hydrogen-bond donors (Lipinski definition) is 2. The van der Waals surface area contributed by atoms with Crippen molar-refractivity contribution in [3.8, 4) is 11.5 Å². The molecule has 2 aromatic carbocycles. The summed E-state index contributed by atoms with van der Waals surface area (Å²) in [6.07, 6.45) is 0. The highest BCUT2D eigenvalue weighted by molar-refractivity contribution is 8.00. The van der Waals surface area contributed by atoms with E-state index in [0.717, 1.165) is 0 Å². The van der Waals surface area contributed by atoms with Crippen LogP contribution in [0.2, 0.25) is 0 Å². The zero-order valence-corrected chi connectivity index (χ0v) is 15.6. The summed E-state index contributed by atoms with van der Waals surface area (Å²) in [5.41, 5.74) is 1.23. The Kier molecular flexibility index (Phi) is 7.82. The SMILES string of the molecule is CCOc1ccccc1NC(=O)CSCC(=O)Nc1ccccc1OC. The van der Waals surface area contributed by atoms with Crippen molar-refractivity contribution in [2.75, 3.05) is 35.9 Å². The lowest BCUT2D eigenvalue weighted by molar-refractivity contribution is -0.114. The summed E-state index contributed by atoms with van der Waals surface area (Å²) >= 11 is 1.23. The molecule has 0 spiro atoms. The number of amides is 2. The second-order valence-corrected chi connectivity index (χ2v) is 6.20. The highest BCUT2D eigenvalue weighted by Crippen LogP contribution is 2.24. The van der Waals surface area contributed by atoms with E-state index in [2.05, 4.69) is 10.6 Å². The molecule has 0 aliphatic heterocycles. The number of para-hydroxylation sites is 4. The number of rotatable bonds is 9. The molecule has 0 aliphatic carbocycles. The van der Waals surface area contributed by atoms with Gasteiger partial charge in [-0.05, 0) is 31.2 Å². The summed E-state index contributed by atoms with van der Waals surface area (Å²) < 4.78 is 10.7. The van der Waals surface area contributed by atoms with Crippen LogP contribution < -0.4 is 20.1 Å². The second-order valence-electron chi connectivity index (χ2n) is 5.22. The van der Waals surface area contributed by atoms with Gasteiger partial charge < -0.3 is 20.1 Å². The molecule has 0 heterocycles. The van der Waals surface area contributed by atoms with Crippen molar-refractivity contribution in [1.29, 1.82) is 0 Å². The van der Waals surface area contributed by atoms with E-state index in [-0.39, 0.29) is 23.3 Å². The van der Waals surface area contributed by atoms with Gasteiger partial charge in [-0.15, -0.1) is 11.8 Å². The number of benzene rings is 2. The maximum atomic E-state index is 12.1. The van der Waals surface area contributed by atoms with E-state index in [1.165, 1.54) is 11.8 Å². The number of anilines is 2. The molecule has 0 saturated heterocycles. The second kappa shape index (κ2) is 10.4. The lowest BCUT2D eigenvalue weighted by Crippen LogP contribution is -2.19. The first-order chi connectivity index (χ1) is 12.6. The Morgan fingerprint density at radius 2 is 1.38 bits per heavy atom. The minimum Gasteiger partial charge on any atom is -0.495 e. The highest BCUT2D eigenvalue weighted by Gasteiger charge is 2.10. The van der Waals surface area contributed by atoms with Crippen LogP contribution in [-0.2, 0) is 9.59 Å². The number of thioether (sulfide) groups is 1. The molecule has 0 bridgehead atoms. The first-order valence-corrected chi connectivity index (χ1v) is 9.31. The van der Waals surface area contributed by atoms with Gasteiger partial charge in [0.2, 0.25) is 11.8 Å². The summed E-state index contributed by atoms with van der Waals surface area (Å²) in [6, 6.07) is 14.4. The predicted molar refractivity (Wildman–Crippen MR) is 105 cm³/mol. The molecule has 0 fully saturated rings. The van der Waals surface area contributed by atoms with Gasteiger partial charge in [0.25, 0.3) is 0 Å². The van der Waals surface area contributed by atoms with Crippen molar-refractivity contribution in [2.24, 2.45) is 0 Å². The fraction of sp³-hybridized carbons (Fsp3) is 0.263. The fourth-order valence-corrected chi connectivity index (χ4v) is 2.83. The van der Waals surface area contributed by atoms with Crippen LogP contribution in [0.5, 0.6) is 11.5 Å². The molecular weight excluding hydrogens is 352 g/mol. The maximum absolute atomic E-state index is 12.1. The normalized spacial score (nSPS) is 10.1. The Labute approximate surface area is 157 Å². The van der Waals surface area contributed by atoms with E-state index in [9.17, 15) is 9.59 Å². The first-order valence-electron chi connectivity index (χ1n) is 8.16. The third-order valence-corrected chi connectivity index (χ3v) is 4.24. The molecule has 7 heteroatoms. The highest BCUT2D eigenvalue weighted by atomic mass is 32.2.